The van der Waals surface area contributed by atoms with Crippen molar-refractivity contribution in [1.82, 2.24) is 10.2 Å². The van der Waals surface area contributed by atoms with E-state index in [1.807, 2.05) is 19.1 Å². The molecule has 1 heterocycles. The van der Waals surface area contributed by atoms with Gasteiger partial charge in [0.1, 0.15) is 17.5 Å². The molecule has 2 amide bonds. The number of ether oxygens (including phenoxy) is 2. The van der Waals surface area contributed by atoms with Crippen LogP contribution in [0.15, 0.2) is 18.2 Å². The number of rotatable bonds is 7. The maximum absolute atomic E-state index is 12.6. The Bertz CT molecular complexity index is 603. The highest BCUT2D eigenvalue weighted by molar-refractivity contribution is 5.87. The number of nitrogens with zero attached hydrogens (tertiary/aromatic N) is 1. The van der Waals surface area contributed by atoms with E-state index in [4.69, 9.17) is 9.47 Å². The summed E-state index contributed by atoms with van der Waals surface area (Å²) in [5, 5.41) is 2.95. The van der Waals surface area contributed by atoms with Gasteiger partial charge in [-0.3, -0.25) is 9.59 Å². The van der Waals surface area contributed by atoms with Crippen LogP contribution in [0.1, 0.15) is 44.6 Å². The number of hydrogen-bond acceptors (Lipinski definition) is 4. The Morgan fingerprint density at radius 1 is 1.24 bits per heavy atom. The van der Waals surface area contributed by atoms with E-state index in [-0.39, 0.29) is 17.9 Å². The van der Waals surface area contributed by atoms with E-state index in [9.17, 15) is 9.59 Å². The van der Waals surface area contributed by atoms with Gasteiger partial charge >= 0.3 is 0 Å². The van der Waals surface area contributed by atoms with Crippen LogP contribution >= 0.6 is 0 Å². The van der Waals surface area contributed by atoms with E-state index >= 15 is 0 Å². The average Bonchev–Trinajstić information content (AvgIpc) is 2.66. The number of hydrogen-bond donors (Lipinski definition) is 1. The number of likely N-dealkylation sites (tertiary alicyclic amines) is 1. The Labute approximate surface area is 149 Å². The average molecular weight is 348 g/mol. The van der Waals surface area contributed by atoms with Gasteiger partial charge < -0.3 is 19.7 Å². The largest absolute Gasteiger partial charge is 0.497 e. The number of carbonyl (C=O) groups is 2. The van der Waals surface area contributed by atoms with E-state index in [0.717, 1.165) is 31.2 Å². The molecule has 1 aliphatic rings. The summed E-state index contributed by atoms with van der Waals surface area (Å²) >= 11 is 0. The maximum atomic E-state index is 12.6. The Morgan fingerprint density at radius 2 is 2.04 bits per heavy atom. The van der Waals surface area contributed by atoms with Crippen LogP contribution in [0, 0.1) is 0 Å². The van der Waals surface area contributed by atoms with Crippen LogP contribution in [0.5, 0.6) is 11.5 Å². The number of nitrogens with one attached hydrogen (secondary N) is 1. The lowest BCUT2D eigenvalue weighted by molar-refractivity contribution is -0.142. The number of amides is 2. The van der Waals surface area contributed by atoms with Gasteiger partial charge in [-0.05, 0) is 37.8 Å². The molecule has 1 aliphatic heterocycles. The third-order valence-electron chi connectivity index (χ3n) is 4.54. The van der Waals surface area contributed by atoms with Crippen molar-refractivity contribution in [3.63, 3.8) is 0 Å². The molecule has 1 aromatic carbocycles. The highest BCUT2D eigenvalue weighted by Crippen LogP contribution is 2.25. The Hall–Kier alpha value is -2.24. The fourth-order valence-electron chi connectivity index (χ4n) is 3.16. The monoisotopic (exact) mass is 348 g/mol. The highest BCUT2D eigenvalue weighted by Gasteiger charge is 2.31. The lowest BCUT2D eigenvalue weighted by Gasteiger charge is -2.34. The van der Waals surface area contributed by atoms with Crippen molar-refractivity contribution in [2.45, 2.75) is 51.6 Å². The second-order valence-electron chi connectivity index (χ2n) is 6.24. The molecule has 0 aliphatic carbocycles. The number of methoxy groups -OCH3 is 2. The minimum absolute atomic E-state index is 0.0735. The van der Waals surface area contributed by atoms with Crippen LogP contribution in [-0.2, 0) is 16.1 Å². The summed E-state index contributed by atoms with van der Waals surface area (Å²) < 4.78 is 10.5. The first-order valence-electron chi connectivity index (χ1n) is 8.88. The van der Waals surface area contributed by atoms with E-state index in [1.165, 1.54) is 0 Å². The zero-order valence-electron chi connectivity index (χ0n) is 15.3. The number of piperidine rings is 1. The van der Waals surface area contributed by atoms with Gasteiger partial charge in [0.15, 0.2) is 0 Å². The summed E-state index contributed by atoms with van der Waals surface area (Å²) in [6.45, 7) is 3.01. The fraction of sp³-hybridized carbons (Fsp3) is 0.579. The van der Waals surface area contributed by atoms with Crippen LogP contribution < -0.4 is 14.8 Å². The van der Waals surface area contributed by atoms with Crippen LogP contribution in [-0.4, -0.2) is 43.5 Å². The minimum Gasteiger partial charge on any atom is -0.497 e. The summed E-state index contributed by atoms with van der Waals surface area (Å²) in [5.41, 5.74) is 0.874. The van der Waals surface area contributed by atoms with Crippen molar-refractivity contribution in [2.24, 2.45) is 0 Å². The predicted molar refractivity (Wildman–Crippen MR) is 95.7 cm³/mol. The summed E-state index contributed by atoms with van der Waals surface area (Å²) in [4.78, 5) is 26.7. The molecule has 1 N–H and O–H groups in total. The van der Waals surface area contributed by atoms with Crippen LogP contribution in [0.25, 0.3) is 0 Å². The zero-order chi connectivity index (χ0) is 18.2. The summed E-state index contributed by atoms with van der Waals surface area (Å²) in [5.74, 6) is 1.35. The van der Waals surface area contributed by atoms with Gasteiger partial charge in [0.05, 0.1) is 14.2 Å². The van der Waals surface area contributed by atoms with Gasteiger partial charge in [-0.25, -0.2) is 0 Å². The molecule has 1 saturated heterocycles. The molecule has 0 aromatic heterocycles. The van der Waals surface area contributed by atoms with Crippen molar-refractivity contribution in [3.05, 3.63) is 23.8 Å². The molecule has 1 aromatic rings. The van der Waals surface area contributed by atoms with Crippen LogP contribution in [0.4, 0.5) is 0 Å². The maximum Gasteiger partial charge on any atom is 0.243 e. The molecule has 0 radical (unpaired) electrons. The smallest absolute Gasteiger partial charge is 0.243 e. The summed E-state index contributed by atoms with van der Waals surface area (Å²) in [6.07, 6.45) is 3.95. The Balaban J connectivity index is 2.02. The standard InChI is InChI=1S/C19H28N2O4/c1-4-7-18(22)21-11-6-5-8-16(21)19(23)20-13-14-9-10-15(24-2)12-17(14)25-3/h9-10,12,16H,4-8,11,13H2,1-3H3,(H,20,23)/t16-/m0/s1. The normalized spacial score (nSPS) is 17.1. The quantitative estimate of drug-likeness (QED) is 0.822. The summed E-state index contributed by atoms with van der Waals surface area (Å²) in [7, 11) is 3.19. The van der Waals surface area contributed by atoms with Gasteiger partial charge in [-0.1, -0.05) is 6.92 Å². The minimum atomic E-state index is -0.364. The molecule has 6 heteroatoms. The van der Waals surface area contributed by atoms with E-state index < -0.39 is 0 Å². The SMILES string of the molecule is CCCC(=O)N1CCCC[C@H]1C(=O)NCc1ccc(OC)cc1OC. The Morgan fingerprint density at radius 3 is 2.72 bits per heavy atom. The van der Waals surface area contributed by atoms with Gasteiger partial charge in [-0.2, -0.15) is 0 Å². The van der Waals surface area contributed by atoms with Crippen molar-refractivity contribution in [2.75, 3.05) is 20.8 Å². The van der Waals surface area contributed by atoms with Crippen molar-refractivity contribution in [1.29, 1.82) is 0 Å². The molecule has 0 unspecified atom stereocenters. The lowest BCUT2D eigenvalue weighted by Crippen LogP contribution is -2.51. The third-order valence-corrected chi connectivity index (χ3v) is 4.54. The molecule has 138 valence electrons. The zero-order valence-corrected chi connectivity index (χ0v) is 15.3. The van der Waals surface area contributed by atoms with Gasteiger partial charge in [0.25, 0.3) is 0 Å². The van der Waals surface area contributed by atoms with E-state index in [2.05, 4.69) is 5.32 Å². The summed E-state index contributed by atoms with van der Waals surface area (Å²) in [6, 6.07) is 5.14. The molecule has 1 atom stereocenters. The van der Waals surface area contributed by atoms with Crippen molar-refractivity contribution in [3.8, 4) is 11.5 Å². The molecule has 0 saturated carbocycles. The van der Waals surface area contributed by atoms with E-state index in [1.54, 1.807) is 25.2 Å². The fourth-order valence-corrected chi connectivity index (χ4v) is 3.16. The predicted octanol–water partition coefficient (Wildman–Crippen LogP) is 2.50. The first-order chi connectivity index (χ1) is 12.1. The van der Waals surface area contributed by atoms with Crippen LogP contribution in [0.2, 0.25) is 0 Å². The van der Waals surface area contributed by atoms with Gasteiger partial charge in [-0.15, -0.1) is 0 Å². The molecule has 2 rings (SSSR count). The molecule has 0 spiro atoms. The lowest BCUT2D eigenvalue weighted by atomic mass is 10.0. The topological polar surface area (TPSA) is 67.9 Å². The highest BCUT2D eigenvalue weighted by atomic mass is 16.5. The van der Waals surface area contributed by atoms with Crippen molar-refractivity contribution < 1.29 is 19.1 Å². The number of carbonyl (C=O) groups excluding carboxylic acids is 2. The Kier molecular flexibility index (Phi) is 7.10. The van der Waals surface area contributed by atoms with Crippen molar-refractivity contribution >= 4 is 11.8 Å². The van der Waals surface area contributed by atoms with Gasteiger partial charge in [0, 0.05) is 31.1 Å². The van der Waals surface area contributed by atoms with Gasteiger partial charge in [0.2, 0.25) is 11.8 Å². The molecular weight excluding hydrogens is 320 g/mol. The molecule has 25 heavy (non-hydrogen) atoms. The van der Waals surface area contributed by atoms with E-state index in [0.29, 0.717) is 31.0 Å². The molecule has 0 bridgehead atoms. The first-order valence-corrected chi connectivity index (χ1v) is 8.88. The second-order valence-corrected chi connectivity index (χ2v) is 6.24. The third kappa shape index (κ3) is 4.87. The number of benzene rings is 1. The first kappa shape index (κ1) is 19.1. The van der Waals surface area contributed by atoms with Crippen LogP contribution in [0.3, 0.4) is 0 Å². The molecular formula is C19H28N2O4. The second kappa shape index (κ2) is 9.30. The molecule has 6 nitrogen and oxygen atoms in total. The molecule has 1 fully saturated rings.